The van der Waals surface area contributed by atoms with Gasteiger partial charge in [0.25, 0.3) is 5.91 Å². The van der Waals surface area contributed by atoms with Gasteiger partial charge in [0.2, 0.25) is 0 Å². The highest BCUT2D eigenvalue weighted by Gasteiger charge is 2.43. The topological polar surface area (TPSA) is 43.9 Å². The van der Waals surface area contributed by atoms with Crippen molar-refractivity contribution in [3.05, 3.63) is 29.8 Å². The van der Waals surface area contributed by atoms with E-state index in [1.54, 1.807) is 24.3 Å². The number of piperazine rings is 1. The molecule has 0 aliphatic carbocycles. The number of hydrogen-bond acceptors (Lipinski definition) is 3. The second-order valence-electron chi connectivity index (χ2n) is 5.52. The summed E-state index contributed by atoms with van der Waals surface area (Å²) >= 11 is 0. The molecule has 1 aliphatic rings. The highest BCUT2D eigenvalue weighted by Crippen LogP contribution is 2.20. The smallest absolute Gasteiger partial charge is 0.378 e. The minimum Gasteiger partial charge on any atom is -0.378 e. The molecule has 1 saturated heterocycles. The Balaban J connectivity index is 1.97. The van der Waals surface area contributed by atoms with E-state index in [1.807, 2.05) is 19.0 Å². The third-order valence-corrected chi connectivity index (χ3v) is 3.73. The molecule has 1 aromatic carbocycles. The van der Waals surface area contributed by atoms with E-state index in [4.69, 9.17) is 0 Å². The van der Waals surface area contributed by atoms with E-state index in [1.165, 1.54) is 4.90 Å². The second kappa shape index (κ2) is 6.47. The van der Waals surface area contributed by atoms with Crippen LogP contribution in [0.5, 0.6) is 0 Å². The van der Waals surface area contributed by atoms with Crippen LogP contribution in [0.1, 0.15) is 10.4 Å². The van der Waals surface area contributed by atoms with Crippen molar-refractivity contribution in [2.24, 2.45) is 0 Å². The van der Waals surface area contributed by atoms with Crippen LogP contribution in [0.2, 0.25) is 0 Å². The van der Waals surface area contributed by atoms with Crippen LogP contribution in [0.4, 0.5) is 18.9 Å². The number of benzene rings is 1. The Morgan fingerprint density at radius 3 is 1.87 bits per heavy atom. The number of amides is 2. The van der Waals surface area contributed by atoms with Gasteiger partial charge in [-0.05, 0) is 24.3 Å². The minimum atomic E-state index is -4.87. The second-order valence-corrected chi connectivity index (χ2v) is 5.52. The SMILES string of the molecule is CN(C)c1ccc(C(=O)N2CCN(C(=O)C(F)(F)F)CC2)cc1. The Labute approximate surface area is 132 Å². The van der Waals surface area contributed by atoms with Crippen molar-refractivity contribution in [2.45, 2.75) is 6.18 Å². The molecular formula is C15H18F3N3O2. The van der Waals surface area contributed by atoms with Crippen LogP contribution >= 0.6 is 0 Å². The zero-order chi connectivity index (χ0) is 17.2. The van der Waals surface area contributed by atoms with Gasteiger partial charge in [-0.3, -0.25) is 9.59 Å². The van der Waals surface area contributed by atoms with Crippen molar-refractivity contribution < 1.29 is 22.8 Å². The maximum atomic E-state index is 12.4. The summed E-state index contributed by atoms with van der Waals surface area (Å²) in [6.45, 7) is -0.0358. The Morgan fingerprint density at radius 2 is 1.43 bits per heavy atom. The lowest BCUT2D eigenvalue weighted by atomic mass is 10.1. The van der Waals surface area contributed by atoms with E-state index >= 15 is 0 Å². The molecule has 0 bridgehead atoms. The number of rotatable bonds is 2. The first-order valence-corrected chi connectivity index (χ1v) is 7.13. The van der Waals surface area contributed by atoms with Crippen molar-refractivity contribution in [1.82, 2.24) is 9.80 Å². The molecule has 0 N–H and O–H groups in total. The molecule has 0 radical (unpaired) electrons. The minimum absolute atomic E-state index is 0.0933. The van der Waals surface area contributed by atoms with E-state index in [9.17, 15) is 22.8 Å². The molecule has 23 heavy (non-hydrogen) atoms. The van der Waals surface area contributed by atoms with E-state index in [0.29, 0.717) is 5.56 Å². The third kappa shape index (κ3) is 3.94. The Kier molecular flexibility index (Phi) is 4.82. The molecule has 2 amide bonds. The standard InChI is InChI=1S/C15H18F3N3O2/c1-19(2)12-5-3-11(4-6-12)13(22)20-7-9-21(10-8-20)14(23)15(16,17)18/h3-6H,7-10H2,1-2H3. The monoisotopic (exact) mass is 329 g/mol. The predicted octanol–water partition coefficient (Wildman–Crippen LogP) is 1.60. The van der Waals surface area contributed by atoms with Crippen molar-refractivity contribution in [1.29, 1.82) is 0 Å². The van der Waals surface area contributed by atoms with Gasteiger partial charge in [-0.1, -0.05) is 0 Å². The molecule has 0 unspecified atom stereocenters. The average Bonchev–Trinajstić information content (AvgIpc) is 2.53. The number of nitrogens with zero attached hydrogens (tertiary/aromatic N) is 3. The lowest BCUT2D eigenvalue weighted by molar-refractivity contribution is -0.186. The maximum absolute atomic E-state index is 12.4. The molecule has 5 nitrogen and oxygen atoms in total. The fourth-order valence-corrected chi connectivity index (χ4v) is 2.38. The fraction of sp³-hybridized carbons (Fsp3) is 0.467. The zero-order valence-corrected chi connectivity index (χ0v) is 12.9. The van der Waals surface area contributed by atoms with Gasteiger partial charge < -0.3 is 14.7 Å². The molecule has 0 atom stereocenters. The molecule has 1 aromatic rings. The van der Waals surface area contributed by atoms with Gasteiger partial charge in [-0.15, -0.1) is 0 Å². The van der Waals surface area contributed by atoms with E-state index in [2.05, 4.69) is 0 Å². The quantitative estimate of drug-likeness (QED) is 0.828. The van der Waals surface area contributed by atoms with Crippen molar-refractivity contribution in [3.63, 3.8) is 0 Å². The summed E-state index contributed by atoms with van der Waals surface area (Å²) in [7, 11) is 3.77. The van der Waals surface area contributed by atoms with Crippen molar-refractivity contribution in [2.75, 3.05) is 45.2 Å². The van der Waals surface area contributed by atoms with Crippen LogP contribution < -0.4 is 4.90 Å². The number of carbonyl (C=O) groups excluding carboxylic acids is 2. The molecule has 8 heteroatoms. The lowest BCUT2D eigenvalue weighted by Crippen LogP contribution is -2.53. The van der Waals surface area contributed by atoms with Gasteiger partial charge in [0.1, 0.15) is 0 Å². The van der Waals surface area contributed by atoms with Gasteiger partial charge in [0, 0.05) is 51.5 Å². The van der Waals surface area contributed by atoms with Crippen molar-refractivity contribution >= 4 is 17.5 Å². The number of carbonyl (C=O) groups is 2. The largest absolute Gasteiger partial charge is 0.471 e. The highest BCUT2D eigenvalue weighted by molar-refractivity contribution is 5.94. The van der Waals surface area contributed by atoms with E-state index < -0.39 is 12.1 Å². The molecule has 0 saturated carbocycles. The van der Waals surface area contributed by atoms with Crippen LogP contribution in [-0.2, 0) is 4.79 Å². The van der Waals surface area contributed by atoms with Crippen LogP contribution in [-0.4, -0.2) is 68.1 Å². The van der Waals surface area contributed by atoms with Gasteiger partial charge in [0.15, 0.2) is 0 Å². The fourth-order valence-electron chi connectivity index (χ4n) is 2.38. The number of alkyl halides is 3. The molecule has 1 heterocycles. The Hall–Kier alpha value is -2.25. The zero-order valence-electron chi connectivity index (χ0n) is 12.9. The third-order valence-electron chi connectivity index (χ3n) is 3.73. The summed E-state index contributed by atoms with van der Waals surface area (Å²) in [6, 6.07) is 6.98. The summed E-state index contributed by atoms with van der Waals surface area (Å²) in [4.78, 5) is 27.6. The number of anilines is 1. The van der Waals surface area contributed by atoms with E-state index in [-0.39, 0.29) is 32.1 Å². The summed E-state index contributed by atoms with van der Waals surface area (Å²) in [6.07, 6.45) is -4.87. The van der Waals surface area contributed by atoms with Crippen molar-refractivity contribution in [3.8, 4) is 0 Å². The molecule has 0 spiro atoms. The van der Waals surface area contributed by atoms with Gasteiger partial charge in [-0.25, -0.2) is 0 Å². The molecule has 1 aliphatic heterocycles. The molecule has 1 fully saturated rings. The normalized spacial score (nSPS) is 15.5. The summed E-state index contributed by atoms with van der Waals surface area (Å²) < 4.78 is 37.1. The number of halogens is 3. The lowest BCUT2D eigenvalue weighted by Gasteiger charge is -2.35. The van der Waals surface area contributed by atoms with Gasteiger partial charge in [-0.2, -0.15) is 13.2 Å². The summed E-state index contributed by atoms with van der Waals surface area (Å²) in [5.74, 6) is -2.09. The first kappa shape index (κ1) is 17.1. The van der Waals surface area contributed by atoms with E-state index in [0.717, 1.165) is 10.6 Å². The Morgan fingerprint density at radius 1 is 0.957 bits per heavy atom. The summed E-state index contributed by atoms with van der Waals surface area (Å²) in [5.41, 5.74) is 1.42. The number of hydrogen-bond donors (Lipinski definition) is 0. The van der Waals surface area contributed by atoms with Crippen LogP contribution in [0.25, 0.3) is 0 Å². The van der Waals surface area contributed by atoms with Crippen LogP contribution in [0, 0.1) is 0 Å². The molecule has 2 rings (SSSR count). The van der Waals surface area contributed by atoms with Gasteiger partial charge in [0.05, 0.1) is 0 Å². The molecule has 0 aromatic heterocycles. The maximum Gasteiger partial charge on any atom is 0.471 e. The summed E-state index contributed by atoms with van der Waals surface area (Å²) in [5, 5.41) is 0. The average molecular weight is 329 g/mol. The van der Waals surface area contributed by atoms with Crippen LogP contribution in [0.3, 0.4) is 0 Å². The molecular weight excluding hydrogens is 311 g/mol. The predicted molar refractivity (Wildman–Crippen MR) is 79.3 cm³/mol. The Bertz CT molecular complexity index is 577. The van der Waals surface area contributed by atoms with Crippen LogP contribution in [0.15, 0.2) is 24.3 Å². The first-order chi connectivity index (χ1) is 10.7. The highest BCUT2D eigenvalue weighted by atomic mass is 19.4. The van der Waals surface area contributed by atoms with Gasteiger partial charge >= 0.3 is 12.1 Å². The first-order valence-electron chi connectivity index (χ1n) is 7.13. The molecule has 126 valence electrons.